The molecular weight excluding hydrogens is 466 g/mol. The average Bonchev–Trinajstić information content (AvgIpc) is 2.54. The maximum Gasteiger partial charge on any atom is 0.410 e. The predicted octanol–water partition coefficient (Wildman–Crippen LogP) is 4.93. The molecule has 2 aromatic rings. The van der Waals surface area contributed by atoms with Gasteiger partial charge < -0.3 is 14.4 Å². The molecule has 1 saturated heterocycles. The summed E-state index contributed by atoms with van der Waals surface area (Å²) in [4.78, 5) is 22.5. The molecule has 140 valence electrons. The van der Waals surface area contributed by atoms with Crippen molar-refractivity contribution in [3.8, 4) is 5.75 Å². The van der Waals surface area contributed by atoms with Crippen LogP contribution in [0.1, 0.15) is 33.6 Å². The quantitative estimate of drug-likeness (QED) is 0.563. The third-order valence-electron chi connectivity index (χ3n) is 3.97. The summed E-state index contributed by atoms with van der Waals surface area (Å²) in [5.74, 6) is 0.716. The van der Waals surface area contributed by atoms with Gasteiger partial charge in [0.25, 0.3) is 0 Å². The van der Waals surface area contributed by atoms with Crippen molar-refractivity contribution in [2.24, 2.45) is 0 Å². The lowest BCUT2D eigenvalue weighted by atomic mass is 10.1. The molecule has 6 nitrogen and oxygen atoms in total. The van der Waals surface area contributed by atoms with Crippen LogP contribution >= 0.6 is 31.9 Å². The van der Waals surface area contributed by atoms with Crippen LogP contribution < -0.4 is 4.74 Å². The molecule has 0 saturated carbocycles. The number of hydrogen-bond donors (Lipinski definition) is 0. The zero-order chi connectivity index (χ0) is 18.9. The molecule has 0 aliphatic carbocycles. The van der Waals surface area contributed by atoms with E-state index in [1.807, 2.05) is 32.9 Å². The second-order valence-corrected chi connectivity index (χ2v) is 8.89. The number of ether oxygens (including phenoxy) is 2. The van der Waals surface area contributed by atoms with E-state index < -0.39 is 5.60 Å². The highest BCUT2D eigenvalue weighted by Gasteiger charge is 2.28. The molecule has 0 spiro atoms. The van der Waals surface area contributed by atoms with Gasteiger partial charge in [-0.1, -0.05) is 15.9 Å². The molecule has 0 N–H and O–H groups in total. The molecular formula is C18H21Br2N3O3. The van der Waals surface area contributed by atoms with Gasteiger partial charge in [-0.2, -0.15) is 0 Å². The van der Waals surface area contributed by atoms with Crippen LogP contribution in [-0.4, -0.2) is 45.8 Å². The summed E-state index contributed by atoms with van der Waals surface area (Å²) >= 11 is 6.82. The number of carbonyl (C=O) groups excluding carboxylic acids is 1. The first-order valence-electron chi connectivity index (χ1n) is 8.48. The summed E-state index contributed by atoms with van der Waals surface area (Å²) in [7, 11) is 0. The first-order chi connectivity index (χ1) is 12.2. The first kappa shape index (κ1) is 19.4. The van der Waals surface area contributed by atoms with Gasteiger partial charge in [0.15, 0.2) is 4.73 Å². The lowest BCUT2D eigenvalue weighted by molar-refractivity contribution is 0.0127. The smallest absolute Gasteiger partial charge is 0.410 e. The van der Waals surface area contributed by atoms with E-state index in [2.05, 4.69) is 41.8 Å². The van der Waals surface area contributed by atoms with Gasteiger partial charge in [0.1, 0.15) is 23.0 Å². The molecule has 1 amide bonds. The number of hydrogen-bond acceptors (Lipinski definition) is 5. The van der Waals surface area contributed by atoms with Gasteiger partial charge in [-0.25, -0.2) is 14.8 Å². The zero-order valence-corrected chi connectivity index (χ0v) is 18.1. The largest absolute Gasteiger partial charge is 0.488 e. The Balaban J connectivity index is 1.68. The number of likely N-dealkylation sites (tertiary alicyclic amines) is 1. The number of fused-ring (bicyclic) bond motifs is 1. The van der Waals surface area contributed by atoms with Crippen molar-refractivity contribution in [2.45, 2.75) is 45.3 Å². The monoisotopic (exact) mass is 485 g/mol. The van der Waals surface area contributed by atoms with E-state index >= 15 is 0 Å². The Morgan fingerprint density at radius 1 is 1.23 bits per heavy atom. The number of piperidine rings is 1. The fourth-order valence-electron chi connectivity index (χ4n) is 2.81. The molecule has 1 aromatic heterocycles. The van der Waals surface area contributed by atoms with Gasteiger partial charge in [-0.15, -0.1) is 0 Å². The second kappa shape index (κ2) is 7.68. The Bertz CT molecular complexity index is 815. The molecule has 1 aromatic carbocycles. The molecule has 0 unspecified atom stereocenters. The molecule has 1 aliphatic heterocycles. The molecule has 0 bridgehead atoms. The van der Waals surface area contributed by atoms with Crippen LogP contribution in [0.25, 0.3) is 10.9 Å². The van der Waals surface area contributed by atoms with Crippen LogP contribution in [0.4, 0.5) is 4.79 Å². The zero-order valence-electron chi connectivity index (χ0n) is 15.0. The van der Waals surface area contributed by atoms with Crippen molar-refractivity contribution in [3.05, 3.63) is 27.5 Å². The maximum absolute atomic E-state index is 12.2. The lowest BCUT2D eigenvalue weighted by Gasteiger charge is -2.33. The average molecular weight is 487 g/mol. The third-order valence-corrected chi connectivity index (χ3v) is 4.81. The van der Waals surface area contributed by atoms with Crippen molar-refractivity contribution in [2.75, 3.05) is 13.1 Å². The fourth-order valence-corrected chi connectivity index (χ4v) is 3.54. The van der Waals surface area contributed by atoms with Crippen LogP contribution in [-0.2, 0) is 4.74 Å². The van der Waals surface area contributed by atoms with Crippen molar-refractivity contribution in [3.63, 3.8) is 0 Å². The van der Waals surface area contributed by atoms with Gasteiger partial charge in [0.05, 0.1) is 0 Å². The van der Waals surface area contributed by atoms with Crippen LogP contribution in [0, 0.1) is 0 Å². The van der Waals surface area contributed by atoms with Crippen molar-refractivity contribution in [1.82, 2.24) is 14.9 Å². The lowest BCUT2D eigenvalue weighted by Crippen LogP contribution is -2.44. The molecule has 0 atom stereocenters. The van der Waals surface area contributed by atoms with Crippen LogP contribution in [0.5, 0.6) is 5.75 Å². The minimum absolute atomic E-state index is 0.0277. The van der Waals surface area contributed by atoms with Crippen molar-refractivity contribution < 1.29 is 14.3 Å². The molecule has 26 heavy (non-hydrogen) atoms. The molecule has 8 heteroatoms. The topological polar surface area (TPSA) is 64.5 Å². The van der Waals surface area contributed by atoms with Crippen molar-refractivity contribution in [1.29, 1.82) is 0 Å². The van der Waals surface area contributed by atoms with E-state index in [4.69, 9.17) is 9.47 Å². The summed E-state index contributed by atoms with van der Waals surface area (Å²) in [6.07, 6.45) is 3.02. The van der Waals surface area contributed by atoms with Crippen LogP contribution in [0.3, 0.4) is 0 Å². The molecule has 2 heterocycles. The number of carbonyl (C=O) groups is 1. The van der Waals surface area contributed by atoms with Gasteiger partial charge >= 0.3 is 6.09 Å². The summed E-state index contributed by atoms with van der Waals surface area (Å²) in [5, 5.41) is 0.906. The molecule has 0 radical (unpaired) electrons. The second-order valence-electron chi connectivity index (χ2n) is 7.27. The Hall–Kier alpha value is -1.41. The number of benzene rings is 1. The Kier molecular flexibility index (Phi) is 5.72. The SMILES string of the molecule is CC(C)(C)OC(=O)N1CCC(Oc2cc(Br)cc3cnc(Br)nc23)CC1. The van der Waals surface area contributed by atoms with E-state index in [1.54, 1.807) is 11.1 Å². The number of amides is 1. The van der Waals surface area contributed by atoms with Crippen LogP contribution in [0.2, 0.25) is 0 Å². The number of nitrogens with zero attached hydrogens (tertiary/aromatic N) is 3. The number of aromatic nitrogens is 2. The minimum atomic E-state index is -0.479. The van der Waals surface area contributed by atoms with E-state index in [9.17, 15) is 4.79 Å². The number of halogens is 2. The highest BCUT2D eigenvalue weighted by Crippen LogP contribution is 2.31. The molecule has 3 rings (SSSR count). The van der Waals surface area contributed by atoms with E-state index in [0.29, 0.717) is 23.6 Å². The Morgan fingerprint density at radius 2 is 1.92 bits per heavy atom. The highest BCUT2D eigenvalue weighted by molar-refractivity contribution is 9.10. The van der Waals surface area contributed by atoms with E-state index in [0.717, 1.165) is 28.2 Å². The standard InChI is InChI=1S/C18H21Br2N3O3/c1-18(2,3)26-17(24)23-6-4-13(5-7-23)25-14-9-12(19)8-11-10-21-16(20)22-15(11)14/h8-10,13H,4-7H2,1-3H3. The van der Waals surface area contributed by atoms with Crippen LogP contribution in [0.15, 0.2) is 27.5 Å². The first-order valence-corrected chi connectivity index (χ1v) is 10.1. The fraction of sp³-hybridized carbons (Fsp3) is 0.500. The van der Waals surface area contributed by atoms with E-state index in [1.165, 1.54) is 0 Å². The number of rotatable bonds is 2. The molecule has 1 aliphatic rings. The Labute approximate surface area is 169 Å². The van der Waals surface area contributed by atoms with Gasteiger partial charge in [0.2, 0.25) is 0 Å². The summed E-state index contributed by atoms with van der Waals surface area (Å²) in [5.41, 5.74) is 0.289. The Morgan fingerprint density at radius 3 is 2.58 bits per heavy atom. The van der Waals surface area contributed by atoms with Gasteiger partial charge in [-0.05, 0) is 48.8 Å². The predicted molar refractivity (Wildman–Crippen MR) is 106 cm³/mol. The maximum atomic E-state index is 12.2. The summed E-state index contributed by atoms with van der Waals surface area (Å²) in [6.45, 7) is 6.85. The minimum Gasteiger partial charge on any atom is -0.488 e. The highest BCUT2D eigenvalue weighted by atomic mass is 79.9. The third kappa shape index (κ3) is 4.85. The van der Waals surface area contributed by atoms with E-state index in [-0.39, 0.29) is 12.2 Å². The van der Waals surface area contributed by atoms with Gasteiger partial charge in [-0.3, -0.25) is 0 Å². The van der Waals surface area contributed by atoms with Gasteiger partial charge in [0, 0.05) is 42.0 Å². The summed E-state index contributed by atoms with van der Waals surface area (Å²) in [6, 6.07) is 3.88. The molecule has 1 fully saturated rings. The summed E-state index contributed by atoms with van der Waals surface area (Å²) < 4.78 is 13.1. The van der Waals surface area contributed by atoms with Crippen molar-refractivity contribution >= 4 is 48.9 Å². The normalized spacial score (nSPS) is 16.0.